The highest BCUT2D eigenvalue weighted by molar-refractivity contribution is 5.72. The van der Waals surface area contributed by atoms with E-state index in [-0.39, 0.29) is 0 Å². The van der Waals surface area contributed by atoms with E-state index >= 15 is 0 Å². The lowest BCUT2D eigenvalue weighted by Gasteiger charge is -2.06. The highest BCUT2D eigenvalue weighted by atomic mass is 16.5. The maximum Gasteiger partial charge on any atom is 0.344 e. The first-order chi connectivity index (χ1) is 6.13. The van der Waals surface area contributed by atoms with Gasteiger partial charge in [-0.3, -0.25) is 4.68 Å². The first kappa shape index (κ1) is 9.57. The molecule has 1 aromatic heterocycles. The smallest absolute Gasteiger partial charge is 0.344 e. The molecule has 1 rings (SSSR count). The molecule has 0 unspecified atom stereocenters. The number of hydrogen-bond acceptors (Lipinski definition) is 3. The molecule has 72 valence electrons. The Morgan fingerprint density at radius 1 is 1.85 bits per heavy atom. The zero-order valence-electron chi connectivity index (χ0n) is 7.60. The van der Waals surface area contributed by atoms with Gasteiger partial charge in [-0.25, -0.2) is 4.79 Å². The minimum atomic E-state index is -0.982. The molecule has 0 saturated carbocycles. The van der Waals surface area contributed by atoms with Gasteiger partial charge >= 0.3 is 5.97 Å². The molecule has 0 bridgehead atoms. The molecule has 0 aromatic carbocycles. The normalized spacial score (nSPS) is 12.5. The number of carboxylic acids is 1. The van der Waals surface area contributed by atoms with Crippen molar-refractivity contribution in [2.45, 2.75) is 26.5 Å². The fourth-order valence-corrected chi connectivity index (χ4v) is 0.833. The molecule has 5 nitrogen and oxygen atoms in total. The zero-order valence-corrected chi connectivity index (χ0v) is 7.60. The van der Waals surface area contributed by atoms with Crippen LogP contribution in [-0.4, -0.2) is 27.0 Å². The Kier molecular flexibility index (Phi) is 2.89. The van der Waals surface area contributed by atoms with E-state index in [1.807, 2.05) is 6.92 Å². The fourth-order valence-electron chi connectivity index (χ4n) is 0.833. The van der Waals surface area contributed by atoms with Gasteiger partial charge in [0.2, 0.25) is 0 Å². The van der Waals surface area contributed by atoms with Crippen molar-refractivity contribution < 1.29 is 14.6 Å². The third-order valence-corrected chi connectivity index (χ3v) is 1.59. The molecule has 1 aromatic rings. The predicted octanol–water partition coefficient (Wildman–Crippen LogP) is 0.755. The van der Waals surface area contributed by atoms with E-state index in [1.165, 1.54) is 13.1 Å². The van der Waals surface area contributed by atoms with Gasteiger partial charge in [0.1, 0.15) is 0 Å². The average Bonchev–Trinajstić information content (AvgIpc) is 2.52. The number of ether oxygens (including phenoxy) is 1. The van der Waals surface area contributed by atoms with Crippen molar-refractivity contribution in [3.63, 3.8) is 0 Å². The van der Waals surface area contributed by atoms with E-state index in [1.54, 1.807) is 10.9 Å². The SMILES string of the molecule is CCn1cc(O[C@H](C)C(=O)O)cn1. The van der Waals surface area contributed by atoms with Gasteiger partial charge in [0.25, 0.3) is 0 Å². The summed E-state index contributed by atoms with van der Waals surface area (Å²) in [6.45, 7) is 4.16. The van der Waals surface area contributed by atoms with Crippen molar-refractivity contribution in [3.05, 3.63) is 12.4 Å². The van der Waals surface area contributed by atoms with Crippen molar-refractivity contribution in [1.29, 1.82) is 0 Å². The summed E-state index contributed by atoms with van der Waals surface area (Å²) in [7, 11) is 0. The molecule has 0 saturated heterocycles. The number of aryl methyl sites for hydroxylation is 1. The van der Waals surface area contributed by atoms with Crippen LogP contribution < -0.4 is 4.74 Å². The summed E-state index contributed by atoms with van der Waals surface area (Å²) in [6.07, 6.45) is 2.33. The van der Waals surface area contributed by atoms with Crippen molar-refractivity contribution in [3.8, 4) is 5.75 Å². The van der Waals surface area contributed by atoms with Crippen LogP contribution in [0.5, 0.6) is 5.75 Å². The van der Waals surface area contributed by atoms with E-state index in [2.05, 4.69) is 5.10 Å². The van der Waals surface area contributed by atoms with Crippen LogP contribution in [0.4, 0.5) is 0 Å². The Morgan fingerprint density at radius 2 is 2.54 bits per heavy atom. The van der Waals surface area contributed by atoms with Crippen LogP contribution in [0.3, 0.4) is 0 Å². The number of aromatic nitrogens is 2. The topological polar surface area (TPSA) is 64.3 Å². The van der Waals surface area contributed by atoms with Crippen molar-refractivity contribution in [2.75, 3.05) is 0 Å². The molecule has 1 heterocycles. The van der Waals surface area contributed by atoms with Gasteiger partial charge in [-0.1, -0.05) is 0 Å². The molecule has 0 spiro atoms. The zero-order chi connectivity index (χ0) is 9.84. The predicted molar refractivity (Wildman–Crippen MR) is 45.6 cm³/mol. The summed E-state index contributed by atoms with van der Waals surface area (Å²) in [6, 6.07) is 0. The van der Waals surface area contributed by atoms with Crippen LogP contribution in [0, 0.1) is 0 Å². The Morgan fingerprint density at radius 3 is 3.00 bits per heavy atom. The molecule has 0 aliphatic heterocycles. The molecule has 0 aliphatic carbocycles. The summed E-state index contributed by atoms with van der Waals surface area (Å²) >= 11 is 0. The van der Waals surface area contributed by atoms with Crippen LogP contribution in [0.1, 0.15) is 13.8 Å². The lowest BCUT2D eigenvalue weighted by Crippen LogP contribution is -2.22. The molecule has 0 amide bonds. The van der Waals surface area contributed by atoms with Gasteiger partial charge < -0.3 is 9.84 Å². The highest BCUT2D eigenvalue weighted by Crippen LogP contribution is 2.10. The largest absolute Gasteiger partial charge is 0.479 e. The second-order valence-corrected chi connectivity index (χ2v) is 2.63. The quantitative estimate of drug-likeness (QED) is 0.750. The minimum absolute atomic E-state index is 0.483. The number of hydrogen-bond donors (Lipinski definition) is 1. The third-order valence-electron chi connectivity index (χ3n) is 1.59. The van der Waals surface area contributed by atoms with Gasteiger partial charge in [-0.15, -0.1) is 0 Å². The van der Waals surface area contributed by atoms with Crippen molar-refractivity contribution in [2.24, 2.45) is 0 Å². The van der Waals surface area contributed by atoms with E-state index < -0.39 is 12.1 Å². The van der Waals surface area contributed by atoms with Gasteiger partial charge in [0.05, 0.1) is 12.4 Å². The van der Waals surface area contributed by atoms with E-state index in [0.717, 1.165) is 6.54 Å². The van der Waals surface area contributed by atoms with Crippen molar-refractivity contribution >= 4 is 5.97 Å². The first-order valence-corrected chi connectivity index (χ1v) is 4.05. The fraction of sp³-hybridized carbons (Fsp3) is 0.500. The van der Waals surface area contributed by atoms with Gasteiger partial charge in [0, 0.05) is 6.54 Å². The Labute approximate surface area is 75.9 Å². The molecule has 0 fully saturated rings. The maximum absolute atomic E-state index is 10.4. The Hall–Kier alpha value is -1.52. The molecule has 13 heavy (non-hydrogen) atoms. The number of rotatable bonds is 4. The number of carboxylic acid groups (broad SMARTS) is 1. The Bertz CT molecular complexity index is 295. The standard InChI is InChI=1S/C8H12N2O3/c1-3-10-5-7(4-9-10)13-6(2)8(11)12/h4-6H,3H2,1-2H3,(H,11,12)/t6-/m1/s1. The van der Waals surface area contributed by atoms with Crippen LogP contribution in [-0.2, 0) is 11.3 Å². The molecule has 1 N–H and O–H groups in total. The van der Waals surface area contributed by atoms with Gasteiger partial charge in [-0.05, 0) is 13.8 Å². The summed E-state index contributed by atoms with van der Waals surface area (Å²) < 4.78 is 6.75. The van der Waals surface area contributed by atoms with Crippen LogP contribution in [0.25, 0.3) is 0 Å². The van der Waals surface area contributed by atoms with Crippen LogP contribution >= 0.6 is 0 Å². The minimum Gasteiger partial charge on any atom is -0.479 e. The van der Waals surface area contributed by atoms with E-state index in [0.29, 0.717) is 5.75 Å². The summed E-state index contributed by atoms with van der Waals surface area (Å²) in [5.41, 5.74) is 0. The summed E-state index contributed by atoms with van der Waals surface area (Å²) in [5.74, 6) is -0.499. The lowest BCUT2D eigenvalue weighted by molar-refractivity contribution is -0.144. The second kappa shape index (κ2) is 3.93. The Balaban J connectivity index is 2.58. The molecular formula is C8H12N2O3. The molecule has 1 atom stereocenters. The monoisotopic (exact) mass is 184 g/mol. The molecule has 0 aliphatic rings. The summed E-state index contributed by atoms with van der Waals surface area (Å²) in [5, 5.41) is 12.5. The highest BCUT2D eigenvalue weighted by Gasteiger charge is 2.12. The first-order valence-electron chi connectivity index (χ1n) is 4.05. The summed E-state index contributed by atoms with van der Waals surface area (Å²) in [4.78, 5) is 10.4. The van der Waals surface area contributed by atoms with Crippen molar-refractivity contribution in [1.82, 2.24) is 9.78 Å². The molecule has 0 radical (unpaired) electrons. The average molecular weight is 184 g/mol. The lowest BCUT2D eigenvalue weighted by atomic mass is 10.4. The number of carbonyl (C=O) groups is 1. The third kappa shape index (κ3) is 2.47. The van der Waals surface area contributed by atoms with Crippen LogP contribution in [0.15, 0.2) is 12.4 Å². The molecular weight excluding hydrogens is 172 g/mol. The second-order valence-electron chi connectivity index (χ2n) is 2.63. The van der Waals surface area contributed by atoms with Gasteiger partial charge in [0.15, 0.2) is 11.9 Å². The number of nitrogens with zero attached hydrogens (tertiary/aromatic N) is 2. The van der Waals surface area contributed by atoms with Gasteiger partial charge in [-0.2, -0.15) is 5.10 Å². The molecule has 5 heteroatoms. The maximum atomic E-state index is 10.4. The van der Waals surface area contributed by atoms with E-state index in [9.17, 15) is 4.79 Å². The number of aliphatic carboxylic acids is 1. The van der Waals surface area contributed by atoms with Crippen LogP contribution in [0.2, 0.25) is 0 Å². The van der Waals surface area contributed by atoms with E-state index in [4.69, 9.17) is 9.84 Å².